The summed E-state index contributed by atoms with van der Waals surface area (Å²) in [6.07, 6.45) is 7.47. The Balaban J connectivity index is 1.52. The number of benzene rings is 1. The molecule has 2 aliphatic rings. The molecule has 0 bridgehead atoms. The van der Waals surface area contributed by atoms with Crippen molar-refractivity contribution in [2.45, 2.75) is 44.2 Å². The van der Waals surface area contributed by atoms with Crippen LogP contribution in [0.2, 0.25) is 0 Å². The second kappa shape index (κ2) is 9.62. The highest BCUT2D eigenvalue weighted by Crippen LogP contribution is 2.33. The highest BCUT2D eigenvalue weighted by atomic mass is 19.1. The Hall–Kier alpha value is -3.39. The molecular formula is C25H26FN5O2. The molecule has 1 N–H and O–H groups in total. The molecule has 1 amide bonds. The molecule has 2 aliphatic heterocycles. The van der Waals surface area contributed by atoms with Gasteiger partial charge in [-0.15, -0.1) is 0 Å². The summed E-state index contributed by atoms with van der Waals surface area (Å²) in [6.45, 7) is 1.29. The van der Waals surface area contributed by atoms with Gasteiger partial charge in [-0.25, -0.2) is 14.4 Å². The third kappa shape index (κ3) is 4.85. The van der Waals surface area contributed by atoms with Crippen molar-refractivity contribution < 1.29 is 13.9 Å². The van der Waals surface area contributed by atoms with E-state index in [1.165, 1.54) is 12.1 Å². The average Bonchev–Trinajstić information content (AvgIpc) is 3.39. The van der Waals surface area contributed by atoms with E-state index in [1.54, 1.807) is 24.5 Å². The van der Waals surface area contributed by atoms with Crippen LogP contribution >= 0.6 is 0 Å². The maximum atomic E-state index is 13.7. The third-order valence-corrected chi connectivity index (χ3v) is 6.09. The van der Waals surface area contributed by atoms with Gasteiger partial charge < -0.3 is 15.0 Å². The van der Waals surface area contributed by atoms with Gasteiger partial charge in [0.1, 0.15) is 17.7 Å². The fraction of sp³-hybridized carbons (Fsp3) is 0.360. The van der Waals surface area contributed by atoms with Gasteiger partial charge in [-0.05, 0) is 62.4 Å². The Morgan fingerprint density at radius 3 is 2.82 bits per heavy atom. The SMILES string of the molecule is O=C([C@@H]1CCCO1)N1CCCC[C@@H]1c1nc(Nc2cccc(F)c2)cc(-c2cccnc2)n1. The Morgan fingerprint density at radius 2 is 2.03 bits per heavy atom. The van der Waals surface area contributed by atoms with E-state index in [2.05, 4.69) is 10.3 Å². The molecule has 0 spiro atoms. The Kier molecular flexibility index (Phi) is 6.26. The van der Waals surface area contributed by atoms with Gasteiger partial charge in [-0.1, -0.05) is 6.07 Å². The van der Waals surface area contributed by atoms with Gasteiger partial charge in [0.2, 0.25) is 0 Å². The van der Waals surface area contributed by atoms with Crippen molar-refractivity contribution in [3.8, 4) is 11.3 Å². The predicted molar refractivity (Wildman–Crippen MR) is 122 cm³/mol. The van der Waals surface area contributed by atoms with Crippen molar-refractivity contribution in [3.63, 3.8) is 0 Å². The van der Waals surface area contributed by atoms with Gasteiger partial charge in [0, 0.05) is 42.9 Å². The lowest BCUT2D eigenvalue weighted by Crippen LogP contribution is -2.44. The molecule has 0 radical (unpaired) electrons. The highest BCUT2D eigenvalue weighted by Gasteiger charge is 2.36. The monoisotopic (exact) mass is 447 g/mol. The lowest BCUT2D eigenvalue weighted by atomic mass is 9.99. The number of halogens is 1. The molecule has 0 aliphatic carbocycles. The number of amides is 1. The minimum absolute atomic E-state index is 0.0206. The van der Waals surface area contributed by atoms with Crippen LogP contribution in [0.5, 0.6) is 0 Å². The van der Waals surface area contributed by atoms with E-state index in [0.29, 0.717) is 36.2 Å². The quantitative estimate of drug-likeness (QED) is 0.613. The normalized spacial score (nSPS) is 20.6. The minimum atomic E-state index is -0.378. The summed E-state index contributed by atoms with van der Waals surface area (Å²) in [5.41, 5.74) is 2.13. The number of nitrogens with one attached hydrogen (secondary N) is 1. The van der Waals surface area contributed by atoms with Gasteiger partial charge in [0.05, 0.1) is 11.7 Å². The molecule has 2 saturated heterocycles. The molecule has 7 nitrogen and oxygen atoms in total. The summed E-state index contributed by atoms with van der Waals surface area (Å²) < 4.78 is 19.4. The van der Waals surface area contributed by atoms with E-state index in [-0.39, 0.29) is 23.9 Å². The van der Waals surface area contributed by atoms with Crippen molar-refractivity contribution in [1.82, 2.24) is 19.9 Å². The standard InChI is InChI=1S/C25H26FN5O2/c26-18-7-3-8-19(14-18)28-23-15-20(17-6-4-11-27-16-17)29-24(30-23)21-9-1-2-12-31(21)25(32)22-10-5-13-33-22/h3-4,6-8,11,14-16,21-22H,1-2,5,9-10,12-13H2,(H,28,29,30)/t21-,22+/m1/s1. The van der Waals surface area contributed by atoms with E-state index < -0.39 is 0 Å². The molecule has 3 aromatic rings. The summed E-state index contributed by atoms with van der Waals surface area (Å²) in [5, 5.41) is 3.19. The number of anilines is 2. The van der Waals surface area contributed by atoms with Crippen LogP contribution < -0.4 is 5.32 Å². The van der Waals surface area contributed by atoms with Crippen LogP contribution in [0.3, 0.4) is 0 Å². The molecule has 0 unspecified atom stereocenters. The zero-order chi connectivity index (χ0) is 22.6. The molecule has 0 saturated carbocycles. The van der Waals surface area contributed by atoms with Gasteiger partial charge in [-0.3, -0.25) is 9.78 Å². The van der Waals surface area contributed by atoms with Crippen molar-refractivity contribution in [2.24, 2.45) is 0 Å². The first kappa shape index (κ1) is 21.5. The number of carbonyl (C=O) groups excluding carboxylic acids is 1. The van der Waals surface area contributed by atoms with E-state index in [9.17, 15) is 9.18 Å². The maximum absolute atomic E-state index is 13.7. The van der Waals surface area contributed by atoms with Crippen molar-refractivity contribution in [2.75, 3.05) is 18.5 Å². The number of aromatic nitrogens is 3. The third-order valence-electron chi connectivity index (χ3n) is 6.09. The second-order valence-corrected chi connectivity index (χ2v) is 8.42. The Bertz CT molecular complexity index is 1120. The smallest absolute Gasteiger partial charge is 0.252 e. The number of carbonyl (C=O) groups is 1. The molecular weight excluding hydrogens is 421 g/mol. The van der Waals surface area contributed by atoms with Gasteiger partial charge >= 0.3 is 0 Å². The average molecular weight is 448 g/mol. The molecule has 33 heavy (non-hydrogen) atoms. The van der Waals surface area contributed by atoms with Gasteiger partial charge in [-0.2, -0.15) is 0 Å². The van der Waals surface area contributed by atoms with Crippen LogP contribution in [0.15, 0.2) is 54.9 Å². The Labute approximate surface area is 192 Å². The summed E-state index contributed by atoms with van der Waals surface area (Å²) >= 11 is 0. The predicted octanol–water partition coefficient (Wildman–Crippen LogP) is 4.65. The highest BCUT2D eigenvalue weighted by molar-refractivity contribution is 5.81. The molecule has 2 atom stereocenters. The van der Waals surface area contributed by atoms with Crippen LogP contribution in [0, 0.1) is 5.82 Å². The van der Waals surface area contributed by atoms with E-state index >= 15 is 0 Å². The van der Waals surface area contributed by atoms with Crippen LogP contribution in [0.25, 0.3) is 11.3 Å². The van der Waals surface area contributed by atoms with Crippen LogP contribution in [-0.4, -0.2) is 45.0 Å². The van der Waals surface area contributed by atoms with Crippen LogP contribution in [0.1, 0.15) is 44.0 Å². The first-order valence-corrected chi connectivity index (χ1v) is 11.4. The van der Waals surface area contributed by atoms with Crippen molar-refractivity contribution in [1.29, 1.82) is 0 Å². The number of hydrogen-bond donors (Lipinski definition) is 1. The maximum Gasteiger partial charge on any atom is 0.252 e. The summed E-state index contributed by atoms with van der Waals surface area (Å²) in [5.74, 6) is 0.801. The van der Waals surface area contributed by atoms with E-state index in [0.717, 1.165) is 37.7 Å². The number of ether oxygens (including phenoxy) is 1. The van der Waals surface area contributed by atoms with Crippen molar-refractivity contribution in [3.05, 3.63) is 66.5 Å². The first-order valence-electron chi connectivity index (χ1n) is 11.4. The molecule has 170 valence electrons. The van der Waals surface area contributed by atoms with Crippen molar-refractivity contribution >= 4 is 17.4 Å². The summed E-state index contributed by atoms with van der Waals surface area (Å²) in [7, 11) is 0. The molecule has 2 aromatic heterocycles. The molecule has 5 rings (SSSR count). The lowest BCUT2D eigenvalue weighted by molar-refractivity contribution is -0.145. The van der Waals surface area contributed by atoms with Crippen LogP contribution in [-0.2, 0) is 9.53 Å². The zero-order valence-electron chi connectivity index (χ0n) is 18.3. The molecule has 1 aromatic carbocycles. The number of pyridine rings is 1. The fourth-order valence-electron chi connectivity index (χ4n) is 4.48. The summed E-state index contributed by atoms with van der Waals surface area (Å²) in [4.78, 5) is 28.9. The van der Waals surface area contributed by atoms with Gasteiger partial charge in [0.25, 0.3) is 5.91 Å². The summed E-state index contributed by atoms with van der Waals surface area (Å²) in [6, 6.07) is 11.6. The van der Waals surface area contributed by atoms with E-state index in [4.69, 9.17) is 14.7 Å². The van der Waals surface area contributed by atoms with Gasteiger partial charge in [0.15, 0.2) is 5.82 Å². The molecule has 8 heteroatoms. The topological polar surface area (TPSA) is 80.2 Å². The molecule has 2 fully saturated rings. The first-order chi connectivity index (χ1) is 16.2. The van der Waals surface area contributed by atoms with Crippen LogP contribution in [0.4, 0.5) is 15.9 Å². The number of hydrogen-bond acceptors (Lipinski definition) is 6. The second-order valence-electron chi connectivity index (χ2n) is 8.42. The zero-order valence-corrected chi connectivity index (χ0v) is 18.3. The minimum Gasteiger partial charge on any atom is -0.368 e. The fourth-order valence-corrected chi connectivity index (χ4v) is 4.48. The number of rotatable bonds is 5. The number of likely N-dealkylation sites (tertiary alicyclic amines) is 1. The number of nitrogens with zero attached hydrogens (tertiary/aromatic N) is 4. The molecule has 4 heterocycles. The number of piperidine rings is 1. The largest absolute Gasteiger partial charge is 0.368 e. The lowest BCUT2D eigenvalue weighted by Gasteiger charge is -2.36. The van der Waals surface area contributed by atoms with E-state index in [1.807, 2.05) is 23.1 Å². The Morgan fingerprint density at radius 1 is 1.09 bits per heavy atom.